The summed E-state index contributed by atoms with van der Waals surface area (Å²) in [6.45, 7) is 3.92. The lowest BCUT2D eigenvalue weighted by molar-refractivity contribution is -0.147. The van der Waals surface area contributed by atoms with E-state index in [1.165, 1.54) is 4.90 Å². The highest BCUT2D eigenvalue weighted by atomic mass is 35.5. The van der Waals surface area contributed by atoms with E-state index in [2.05, 4.69) is 15.7 Å². The molecule has 2 N–H and O–H groups in total. The Balaban J connectivity index is 1.66. The van der Waals surface area contributed by atoms with Crippen molar-refractivity contribution in [2.24, 2.45) is 4.99 Å². The largest absolute Gasteiger partial charge is 0.357 e. The maximum absolute atomic E-state index is 11.9. The van der Waals surface area contributed by atoms with Crippen LogP contribution < -0.4 is 10.6 Å². The molecule has 0 saturated carbocycles. The van der Waals surface area contributed by atoms with Gasteiger partial charge in [0.2, 0.25) is 11.8 Å². The molecule has 2 amide bonds. The van der Waals surface area contributed by atoms with Crippen LogP contribution in [0.2, 0.25) is 5.02 Å². The van der Waals surface area contributed by atoms with Crippen LogP contribution >= 0.6 is 11.6 Å². The van der Waals surface area contributed by atoms with E-state index < -0.39 is 0 Å². The van der Waals surface area contributed by atoms with Gasteiger partial charge in [-0.3, -0.25) is 24.2 Å². The highest BCUT2D eigenvalue weighted by Crippen LogP contribution is 2.20. The van der Waals surface area contributed by atoms with E-state index in [9.17, 15) is 9.59 Å². The quantitative estimate of drug-likeness (QED) is 0.380. The molecule has 1 saturated heterocycles. The van der Waals surface area contributed by atoms with Crippen molar-refractivity contribution >= 4 is 29.4 Å². The molecule has 0 bridgehead atoms. The summed E-state index contributed by atoms with van der Waals surface area (Å²) in [7, 11) is 0. The molecule has 160 valence electrons. The lowest BCUT2D eigenvalue weighted by Gasteiger charge is -2.25. The molecule has 0 aliphatic carbocycles. The molecule has 1 aliphatic heterocycles. The van der Waals surface area contributed by atoms with Gasteiger partial charge in [0.1, 0.15) is 0 Å². The van der Waals surface area contributed by atoms with Gasteiger partial charge in [-0.2, -0.15) is 5.10 Å². The SMILES string of the molecule is CCNC(=NCC(c1ccc(Cl)cc1)n1cccn1)NCCN1C(=O)CCCC1=O. The average molecular weight is 431 g/mol. The first-order valence-electron chi connectivity index (χ1n) is 10.2. The predicted molar refractivity (Wildman–Crippen MR) is 116 cm³/mol. The Labute approximate surface area is 181 Å². The van der Waals surface area contributed by atoms with Gasteiger partial charge in [-0.15, -0.1) is 0 Å². The summed E-state index contributed by atoms with van der Waals surface area (Å²) in [6.07, 6.45) is 5.16. The van der Waals surface area contributed by atoms with Gasteiger partial charge in [-0.05, 0) is 37.1 Å². The molecule has 1 aliphatic rings. The molecule has 2 aromatic rings. The van der Waals surface area contributed by atoms with Crippen LogP contribution in [0.1, 0.15) is 37.8 Å². The number of hydrogen-bond donors (Lipinski definition) is 2. The van der Waals surface area contributed by atoms with Crippen molar-refractivity contribution in [3.63, 3.8) is 0 Å². The highest BCUT2D eigenvalue weighted by molar-refractivity contribution is 6.30. The molecule has 0 radical (unpaired) electrons. The minimum atomic E-state index is -0.100. The second-order valence-corrected chi connectivity index (χ2v) is 7.43. The fraction of sp³-hybridized carbons (Fsp3) is 0.429. The predicted octanol–water partition coefficient (Wildman–Crippen LogP) is 2.22. The summed E-state index contributed by atoms with van der Waals surface area (Å²) in [5.74, 6) is 0.425. The molecule has 30 heavy (non-hydrogen) atoms. The van der Waals surface area contributed by atoms with Gasteiger partial charge in [-0.25, -0.2) is 0 Å². The lowest BCUT2D eigenvalue weighted by Crippen LogP contribution is -2.46. The molecule has 1 unspecified atom stereocenters. The second-order valence-electron chi connectivity index (χ2n) is 6.99. The van der Waals surface area contributed by atoms with E-state index in [1.54, 1.807) is 6.20 Å². The third-order valence-corrected chi connectivity index (χ3v) is 5.13. The number of hydrogen-bond acceptors (Lipinski definition) is 4. The molecule has 3 rings (SSSR count). The van der Waals surface area contributed by atoms with Crippen LogP contribution in [-0.4, -0.2) is 58.6 Å². The number of nitrogens with zero attached hydrogens (tertiary/aromatic N) is 4. The van der Waals surface area contributed by atoms with Gasteiger partial charge >= 0.3 is 0 Å². The van der Waals surface area contributed by atoms with Crippen LogP contribution in [0.3, 0.4) is 0 Å². The Kier molecular flexibility index (Phi) is 7.84. The molecule has 1 aromatic carbocycles. The molecule has 8 nitrogen and oxygen atoms in total. The maximum atomic E-state index is 11.9. The molecule has 0 spiro atoms. The van der Waals surface area contributed by atoms with Gasteiger partial charge in [0, 0.05) is 49.9 Å². The van der Waals surface area contributed by atoms with Crippen LogP contribution in [0.4, 0.5) is 0 Å². The molecule has 1 fully saturated rings. The van der Waals surface area contributed by atoms with Gasteiger partial charge in [0.25, 0.3) is 0 Å². The number of carbonyl (C=O) groups excluding carboxylic acids is 2. The number of halogens is 1. The summed E-state index contributed by atoms with van der Waals surface area (Å²) in [6, 6.07) is 9.44. The van der Waals surface area contributed by atoms with Gasteiger partial charge in [-0.1, -0.05) is 23.7 Å². The number of likely N-dealkylation sites (tertiary alicyclic amines) is 1. The number of imide groups is 1. The molecular formula is C21H27ClN6O2. The van der Waals surface area contributed by atoms with E-state index in [-0.39, 0.29) is 17.9 Å². The first kappa shape index (κ1) is 21.8. The second kappa shape index (κ2) is 10.8. The normalized spacial score (nSPS) is 15.9. The Morgan fingerprint density at radius 2 is 1.93 bits per heavy atom. The van der Waals surface area contributed by atoms with E-state index >= 15 is 0 Å². The summed E-state index contributed by atoms with van der Waals surface area (Å²) in [5, 5.41) is 11.5. The van der Waals surface area contributed by atoms with Gasteiger partial charge < -0.3 is 10.6 Å². The average Bonchev–Trinajstić information content (AvgIpc) is 3.26. The summed E-state index contributed by atoms with van der Waals surface area (Å²) in [5.41, 5.74) is 1.05. The number of piperidine rings is 1. The number of nitrogens with one attached hydrogen (secondary N) is 2. The van der Waals surface area contributed by atoms with Crippen molar-refractivity contribution in [1.82, 2.24) is 25.3 Å². The number of benzene rings is 1. The fourth-order valence-electron chi connectivity index (χ4n) is 3.35. The molecule has 1 atom stereocenters. The molecule has 1 aromatic heterocycles. The topological polar surface area (TPSA) is 91.6 Å². The minimum Gasteiger partial charge on any atom is -0.357 e. The van der Waals surface area contributed by atoms with Gasteiger partial charge in [0.05, 0.1) is 12.6 Å². The summed E-state index contributed by atoms with van der Waals surface area (Å²) in [4.78, 5) is 29.9. The first-order valence-corrected chi connectivity index (χ1v) is 10.6. The Bertz CT molecular complexity index is 850. The zero-order valence-corrected chi connectivity index (χ0v) is 17.8. The standard InChI is InChI=1S/C21H27ClN6O2/c1-2-23-21(24-12-14-27-19(29)5-3-6-20(27)30)25-15-18(28-13-4-11-26-28)16-7-9-17(22)10-8-16/h4,7-11,13,18H,2-3,5-6,12,14-15H2,1H3,(H2,23,24,25). The summed E-state index contributed by atoms with van der Waals surface area (Å²) < 4.78 is 1.86. The number of carbonyl (C=O) groups is 2. The lowest BCUT2D eigenvalue weighted by atomic mass is 10.1. The third kappa shape index (κ3) is 5.82. The van der Waals surface area contributed by atoms with Crippen molar-refractivity contribution in [3.05, 3.63) is 53.3 Å². The molecule has 2 heterocycles. The summed E-state index contributed by atoms with van der Waals surface area (Å²) >= 11 is 6.03. The molecule has 9 heteroatoms. The number of amides is 2. The van der Waals surface area contributed by atoms with Gasteiger partial charge in [0.15, 0.2) is 5.96 Å². The number of guanidine groups is 1. The zero-order chi connectivity index (χ0) is 21.3. The van der Waals surface area contributed by atoms with Crippen LogP contribution in [0.5, 0.6) is 0 Å². The number of rotatable bonds is 8. The number of aliphatic imine (C=N–C) groups is 1. The smallest absolute Gasteiger partial charge is 0.229 e. The number of aromatic nitrogens is 2. The van der Waals surface area contributed by atoms with Crippen molar-refractivity contribution < 1.29 is 9.59 Å². The van der Waals surface area contributed by atoms with Crippen molar-refractivity contribution in [3.8, 4) is 0 Å². The van der Waals surface area contributed by atoms with E-state index in [0.717, 1.165) is 5.56 Å². The highest BCUT2D eigenvalue weighted by Gasteiger charge is 2.25. The van der Waals surface area contributed by atoms with Crippen molar-refractivity contribution in [2.75, 3.05) is 26.2 Å². The zero-order valence-electron chi connectivity index (χ0n) is 17.1. The van der Waals surface area contributed by atoms with Crippen molar-refractivity contribution in [1.29, 1.82) is 0 Å². The van der Waals surface area contributed by atoms with Crippen LogP contribution in [0.15, 0.2) is 47.7 Å². The monoisotopic (exact) mass is 430 g/mol. The minimum absolute atomic E-state index is 0.0852. The van der Waals surface area contributed by atoms with E-state index in [1.807, 2.05) is 48.1 Å². The Morgan fingerprint density at radius 3 is 2.57 bits per heavy atom. The van der Waals surface area contributed by atoms with Crippen LogP contribution in [0, 0.1) is 0 Å². The molecular weight excluding hydrogens is 404 g/mol. The first-order chi connectivity index (χ1) is 14.6. The third-order valence-electron chi connectivity index (χ3n) is 4.88. The van der Waals surface area contributed by atoms with Crippen LogP contribution in [0.25, 0.3) is 0 Å². The van der Waals surface area contributed by atoms with Crippen molar-refractivity contribution in [2.45, 2.75) is 32.2 Å². The van der Waals surface area contributed by atoms with Crippen LogP contribution in [-0.2, 0) is 9.59 Å². The van der Waals surface area contributed by atoms with E-state index in [4.69, 9.17) is 16.6 Å². The van der Waals surface area contributed by atoms with E-state index in [0.29, 0.717) is 56.4 Å². The Hall–Kier alpha value is -2.87. The Morgan fingerprint density at radius 1 is 1.20 bits per heavy atom. The fourth-order valence-corrected chi connectivity index (χ4v) is 3.47. The maximum Gasteiger partial charge on any atom is 0.229 e.